The molecule has 2 unspecified atom stereocenters. The highest BCUT2D eigenvalue weighted by Gasteiger charge is 2.29. The van der Waals surface area contributed by atoms with Gasteiger partial charge in [0.1, 0.15) is 6.10 Å². The lowest BCUT2D eigenvalue weighted by molar-refractivity contribution is -0.145. The smallest absolute Gasteiger partial charge is 0.303 e. The SMILES string of the molecule is CC(=O)OC1CCCC2=C1CCCC2C. The van der Waals surface area contributed by atoms with Crippen LogP contribution in [0.25, 0.3) is 0 Å². The van der Waals surface area contributed by atoms with Crippen molar-refractivity contribution in [2.45, 2.75) is 58.5 Å². The number of hydrogen-bond acceptors (Lipinski definition) is 2. The molecule has 2 nitrogen and oxygen atoms in total. The van der Waals surface area contributed by atoms with E-state index in [1.54, 1.807) is 5.57 Å². The summed E-state index contributed by atoms with van der Waals surface area (Å²) in [5.74, 6) is 0.582. The third kappa shape index (κ3) is 2.24. The van der Waals surface area contributed by atoms with Gasteiger partial charge < -0.3 is 4.74 Å². The fraction of sp³-hybridized carbons (Fsp3) is 0.769. The lowest BCUT2D eigenvalue weighted by Crippen LogP contribution is -2.27. The summed E-state index contributed by atoms with van der Waals surface area (Å²) in [6, 6.07) is 0. The van der Waals surface area contributed by atoms with Gasteiger partial charge in [0, 0.05) is 6.92 Å². The summed E-state index contributed by atoms with van der Waals surface area (Å²) in [6.45, 7) is 3.83. The van der Waals surface area contributed by atoms with Crippen molar-refractivity contribution in [3.05, 3.63) is 11.1 Å². The summed E-state index contributed by atoms with van der Waals surface area (Å²) in [5.41, 5.74) is 3.05. The van der Waals surface area contributed by atoms with Gasteiger partial charge in [-0.25, -0.2) is 0 Å². The Balaban J connectivity index is 2.19. The van der Waals surface area contributed by atoms with Crippen LogP contribution in [-0.2, 0) is 9.53 Å². The first-order valence-corrected chi connectivity index (χ1v) is 6.07. The molecule has 2 aliphatic carbocycles. The maximum absolute atomic E-state index is 11.0. The molecule has 0 aromatic rings. The molecule has 0 fully saturated rings. The first kappa shape index (κ1) is 10.7. The molecule has 0 aromatic carbocycles. The molecule has 0 saturated carbocycles. The zero-order valence-electron chi connectivity index (χ0n) is 9.71. The number of ether oxygens (including phenoxy) is 1. The molecule has 2 heteroatoms. The van der Waals surface area contributed by atoms with Crippen LogP contribution >= 0.6 is 0 Å². The van der Waals surface area contributed by atoms with Crippen molar-refractivity contribution < 1.29 is 9.53 Å². The first-order valence-electron chi connectivity index (χ1n) is 6.07. The molecule has 84 valence electrons. The van der Waals surface area contributed by atoms with Crippen LogP contribution in [0.5, 0.6) is 0 Å². The fourth-order valence-corrected chi connectivity index (χ4v) is 3.01. The second kappa shape index (κ2) is 4.38. The van der Waals surface area contributed by atoms with E-state index in [1.165, 1.54) is 38.2 Å². The van der Waals surface area contributed by atoms with Crippen LogP contribution < -0.4 is 0 Å². The van der Waals surface area contributed by atoms with Gasteiger partial charge in [-0.3, -0.25) is 4.79 Å². The highest BCUT2D eigenvalue weighted by Crippen LogP contribution is 2.40. The predicted octanol–water partition coefficient (Wildman–Crippen LogP) is 3.22. The normalized spacial score (nSPS) is 31.1. The monoisotopic (exact) mass is 208 g/mol. The molecular formula is C13H20O2. The third-order valence-corrected chi connectivity index (χ3v) is 3.70. The molecule has 0 heterocycles. The summed E-state index contributed by atoms with van der Waals surface area (Å²) < 4.78 is 5.41. The van der Waals surface area contributed by atoms with E-state index >= 15 is 0 Å². The Morgan fingerprint density at radius 1 is 1.20 bits per heavy atom. The van der Waals surface area contributed by atoms with Crippen molar-refractivity contribution in [2.24, 2.45) is 5.92 Å². The minimum atomic E-state index is -0.132. The fourth-order valence-electron chi connectivity index (χ4n) is 3.01. The van der Waals surface area contributed by atoms with Crippen LogP contribution in [-0.4, -0.2) is 12.1 Å². The van der Waals surface area contributed by atoms with Gasteiger partial charge in [0.25, 0.3) is 0 Å². The number of esters is 1. The van der Waals surface area contributed by atoms with Crippen LogP contribution in [0.15, 0.2) is 11.1 Å². The lowest BCUT2D eigenvalue weighted by Gasteiger charge is -2.34. The topological polar surface area (TPSA) is 26.3 Å². The van der Waals surface area contributed by atoms with Crippen LogP contribution in [0.1, 0.15) is 52.4 Å². The highest BCUT2D eigenvalue weighted by atomic mass is 16.5. The van der Waals surface area contributed by atoms with Gasteiger partial charge in [-0.1, -0.05) is 12.5 Å². The van der Waals surface area contributed by atoms with Crippen molar-refractivity contribution in [1.29, 1.82) is 0 Å². The zero-order valence-corrected chi connectivity index (χ0v) is 9.71. The van der Waals surface area contributed by atoms with Crippen molar-refractivity contribution in [1.82, 2.24) is 0 Å². The van der Waals surface area contributed by atoms with Gasteiger partial charge in [0.15, 0.2) is 0 Å². The Bertz CT molecular complexity index is 291. The number of carbonyl (C=O) groups excluding carboxylic acids is 1. The molecule has 0 saturated heterocycles. The molecular weight excluding hydrogens is 188 g/mol. The van der Waals surface area contributed by atoms with Crippen molar-refractivity contribution in [3.8, 4) is 0 Å². The van der Waals surface area contributed by atoms with Gasteiger partial charge in [0.2, 0.25) is 0 Å². The second-order valence-corrected chi connectivity index (χ2v) is 4.83. The quantitative estimate of drug-likeness (QED) is 0.488. The number of carbonyl (C=O) groups is 1. The van der Waals surface area contributed by atoms with Gasteiger partial charge >= 0.3 is 5.97 Å². The average Bonchev–Trinajstić information content (AvgIpc) is 2.19. The zero-order chi connectivity index (χ0) is 10.8. The largest absolute Gasteiger partial charge is 0.458 e. The summed E-state index contributed by atoms with van der Waals surface area (Å²) in [7, 11) is 0. The van der Waals surface area contributed by atoms with Crippen LogP contribution in [0.4, 0.5) is 0 Å². The summed E-state index contributed by atoms with van der Waals surface area (Å²) in [6.07, 6.45) is 7.27. The average molecular weight is 208 g/mol. The molecule has 0 amide bonds. The maximum Gasteiger partial charge on any atom is 0.303 e. The van der Waals surface area contributed by atoms with E-state index in [0.717, 1.165) is 12.8 Å². The van der Waals surface area contributed by atoms with E-state index < -0.39 is 0 Å². The van der Waals surface area contributed by atoms with Gasteiger partial charge in [-0.2, -0.15) is 0 Å². The van der Waals surface area contributed by atoms with E-state index in [9.17, 15) is 4.79 Å². The third-order valence-electron chi connectivity index (χ3n) is 3.70. The van der Waals surface area contributed by atoms with Crippen LogP contribution in [0.3, 0.4) is 0 Å². The minimum Gasteiger partial charge on any atom is -0.458 e. The predicted molar refractivity (Wildman–Crippen MR) is 59.4 cm³/mol. The first-order chi connectivity index (χ1) is 7.18. The summed E-state index contributed by atoms with van der Waals surface area (Å²) in [5, 5.41) is 0. The molecule has 0 aromatic heterocycles. The highest BCUT2D eigenvalue weighted by molar-refractivity contribution is 5.66. The van der Waals surface area contributed by atoms with Crippen molar-refractivity contribution in [3.63, 3.8) is 0 Å². The van der Waals surface area contributed by atoms with Gasteiger partial charge in [-0.15, -0.1) is 0 Å². The van der Waals surface area contributed by atoms with E-state index in [-0.39, 0.29) is 12.1 Å². The lowest BCUT2D eigenvalue weighted by atomic mass is 9.75. The Kier molecular flexibility index (Phi) is 3.13. The Morgan fingerprint density at radius 3 is 2.60 bits per heavy atom. The van der Waals surface area contributed by atoms with Crippen molar-refractivity contribution in [2.75, 3.05) is 0 Å². The number of rotatable bonds is 1. The van der Waals surface area contributed by atoms with E-state index in [0.29, 0.717) is 5.92 Å². The molecule has 0 radical (unpaired) electrons. The summed E-state index contributed by atoms with van der Waals surface area (Å²) >= 11 is 0. The Labute approximate surface area is 91.7 Å². The molecule has 2 aliphatic rings. The number of allylic oxidation sites excluding steroid dienone is 1. The van der Waals surface area contributed by atoms with Crippen LogP contribution in [0, 0.1) is 5.92 Å². The standard InChI is InChI=1S/C13H20O2/c1-9-5-3-7-12-11(9)6-4-8-13(12)15-10(2)14/h9,13H,3-8H2,1-2H3. The summed E-state index contributed by atoms with van der Waals surface area (Å²) in [4.78, 5) is 11.0. The maximum atomic E-state index is 11.0. The molecule has 15 heavy (non-hydrogen) atoms. The molecule has 0 N–H and O–H groups in total. The molecule has 0 aliphatic heterocycles. The Hall–Kier alpha value is -0.790. The molecule has 0 bridgehead atoms. The van der Waals surface area contributed by atoms with Gasteiger partial charge in [0.05, 0.1) is 0 Å². The van der Waals surface area contributed by atoms with Gasteiger partial charge in [-0.05, 0) is 50.0 Å². The second-order valence-electron chi connectivity index (χ2n) is 4.83. The Morgan fingerprint density at radius 2 is 1.87 bits per heavy atom. The van der Waals surface area contributed by atoms with E-state index in [2.05, 4.69) is 6.92 Å². The van der Waals surface area contributed by atoms with Crippen LogP contribution in [0.2, 0.25) is 0 Å². The molecule has 0 spiro atoms. The minimum absolute atomic E-state index is 0.106. The van der Waals surface area contributed by atoms with E-state index in [1.807, 2.05) is 0 Å². The molecule has 2 rings (SSSR count). The number of hydrogen-bond donors (Lipinski definition) is 0. The molecule has 2 atom stereocenters. The van der Waals surface area contributed by atoms with Crippen molar-refractivity contribution >= 4 is 5.97 Å². The van der Waals surface area contributed by atoms with E-state index in [4.69, 9.17) is 4.74 Å².